The predicted octanol–water partition coefficient (Wildman–Crippen LogP) is 3.38. The van der Waals surface area contributed by atoms with Crippen LogP contribution in [0.3, 0.4) is 0 Å². The molecule has 1 aliphatic rings. The van der Waals surface area contributed by atoms with E-state index in [4.69, 9.17) is 9.47 Å². The Bertz CT molecular complexity index is 1090. The Morgan fingerprint density at radius 1 is 1.10 bits per heavy atom. The maximum absolute atomic E-state index is 12.2. The van der Waals surface area contributed by atoms with Gasteiger partial charge in [-0.15, -0.1) is 0 Å². The second-order valence-electron chi connectivity index (χ2n) is 7.44. The van der Waals surface area contributed by atoms with Crippen LogP contribution in [0.2, 0.25) is 0 Å². The van der Waals surface area contributed by atoms with E-state index in [0.717, 1.165) is 21.9 Å². The summed E-state index contributed by atoms with van der Waals surface area (Å²) in [5, 5.41) is 1.73. The van der Waals surface area contributed by atoms with E-state index >= 15 is 0 Å². The van der Waals surface area contributed by atoms with Crippen LogP contribution < -0.4 is 9.46 Å². The summed E-state index contributed by atoms with van der Waals surface area (Å²) in [5.74, 6) is 0.680. The SMILES string of the molecule is CC(C)S(=O)(=O)N[C@@H]1COC[C@@H]1Oc1ccc(-c2cccc3cnccc23)cc1. The molecule has 0 amide bonds. The summed E-state index contributed by atoms with van der Waals surface area (Å²) in [6.07, 6.45) is 3.29. The molecule has 6 nitrogen and oxygen atoms in total. The van der Waals surface area contributed by atoms with Crippen LogP contribution >= 0.6 is 0 Å². The first kappa shape index (κ1) is 19.8. The van der Waals surface area contributed by atoms with Crippen LogP contribution in [0.15, 0.2) is 60.9 Å². The van der Waals surface area contributed by atoms with Crippen molar-refractivity contribution in [1.82, 2.24) is 9.71 Å². The van der Waals surface area contributed by atoms with E-state index in [9.17, 15) is 8.42 Å². The number of hydrogen-bond acceptors (Lipinski definition) is 5. The van der Waals surface area contributed by atoms with Crippen molar-refractivity contribution in [2.45, 2.75) is 31.2 Å². The maximum atomic E-state index is 12.2. The molecular formula is C22H24N2O4S. The first-order valence-corrected chi connectivity index (χ1v) is 11.2. The van der Waals surface area contributed by atoms with E-state index in [1.165, 1.54) is 0 Å². The molecule has 152 valence electrons. The Balaban J connectivity index is 1.51. The molecule has 1 saturated heterocycles. The highest BCUT2D eigenvalue weighted by Gasteiger charge is 2.34. The van der Waals surface area contributed by atoms with Gasteiger partial charge in [0.2, 0.25) is 10.0 Å². The van der Waals surface area contributed by atoms with E-state index in [2.05, 4.69) is 15.8 Å². The number of pyridine rings is 1. The van der Waals surface area contributed by atoms with Crippen LogP contribution in [0, 0.1) is 0 Å². The Hall–Kier alpha value is -2.48. The standard InChI is InChI=1S/C22H24N2O4S/c1-15(2)29(25,26)24-21-13-27-14-22(21)28-18-8-6-16(7-9-18)19-5-3-4-17-12-23-11-10-20(17)19/h3-12,15,21-22,24H,13-14H2,1-2H3/t21-,22+/m1/s1. The van der Waals surface area contributed by atoms with E-state index in [0.29, 0.717) is 19.0 Å². The summed E-state index contributed by atoms with van der Waals surface area (Å²) in [7, 11) is -3.39. The van der Waals surface area contributed by atoms with Gasteiger partial charge in [0, 0.05) is 17.8 Å². The van der Waals surface area contributed by atoms with E-state index in [1.54, 1.807) is 20.0 Å². The second kappa shape index (κ2) is 8.10. The van der Waals surface area contributed by atoms with Crippen molar-refractivity contribution >= 4 is 20.8 Å². The number of fused-ring (bicyclic) bond motifs is 1. The van der Waals surface area contributed by atoms with Crippen molar-refractivity contribution in [3.05, 3.63) is 60.9 Å². The molecule has 0 saturated carbocycles. The monoisotopic (exact) mass is 412 g/mol. The van der Waals surface area contributed by atoms with E-state index in [1.807, 2.05) is 48.7 Å². The minimum Gasteiger partial charge on any atom is -0.486 e. The third kappa shape index (κ3) is 4.27. The fourth-order valence-corrected chi connectivity index (χ4v) is 4.28. The summed E-state index contributed by atoms with van der Waals surface area (Å²) < 4.78 is 38.5. The lowest BCUT2D eigenvalue weighted by atomic mass is 9.99. The highest BCUT2D eigenvalue weighted by atomic mass is 32.2. The zero-order valence-electron chi connectivity index (χ0n) is 16.4. The number of aromatic nitrogens is 1. The summed E-state index contributed by atoms with van der Waals surface area (Å²) in [4.78, 5) is 4.18. The minimum absolute atomic E-state index is 0.304. The topological polar surface area (TPSA) is 77.5 Å². The van der Waals surface area contributed by atoms with Crippen LogP contribution in [0.1, 0.15) is 13.8 Å². The van der Waals surface area contributed by atoms with Gasteiger partial charge in [-0.05, 0) is 48.6 Å². The molecule has 0 aliphatic carbocycles. The molecule has 7 heteroatoms. The fourth-order valence-electron chi connectivity index (χ4n) is 3.37. The van der Waals surface area contributed by atoms with Gasteiger partial charge in [-0.25, -0.2) is 13.1 Å². The Labute approximate surface area is 170 Å². The number of hydrogen-bond donors (Lipinski definition) is 1. The van der Waals surface area contributed by atoms with Gasteiger partial charge in [0.05, 0.1) is 24.5 Å². The van der Waals surface area contributed by atoms with Crippen molar-refractivity contribution in [1.29, 1.82) is 0 Å². The van der Waals surface area contributed by atoms with Gasteiger partial charge < -0.3 is 9.47 Å². The molecule has 1 N–H and O–H groups in total. The lowest BCUT2D eigenvalue weighted by molar-refractivity contribution is 0.140. The third-order valence-corrected chi connectivity index (χ3v) is 6.97. The number of nitrogens with one attached hydrogen (secondary N) is 1. The van der Waals surface area contributed by atoms with Crippen molar-refractivity contribution in [2.75, 3.05) is 13.2 Å². The molecule has 29 heavy (non-hydrogen) atoms. The highest BCUT2D eigenvalue weighted by molar-refractivity contribution is 7.90. The average molecular weight is 413 g/mol. The molecule has 1 fully saturated rings. The molecule has 1 aromatic heterocycles. The molecule has 4 rings (SSSR count). The molecule has 0 bridgehead atoms. The van der Waals surface area contributed by atoms with Crippen molar-refractivity contribution in [3.8, 4) is 16.9 Å². The number of nitrogens with zero attached hydrogens (tertiary/aromatic N) is 1. The number of sulfonamides is 1. The molecule has 2 heterocycles. The van der Waals surface area contributed by atoms with Crippen LogP contribution in [-0.2, 0) is 14.8 Å². The quantitative estimate of drug-likeness (QED) is 0.672. The number of rotatable bonds is 6. The van der Waals surface area contributed by atoms with Crippen molar-refractivity contribution in [2.24, 2.45) is 0 Å². The van der Waals surface area contributed by atoms with Gasteiger partial charge in [0.15, 0.2) is 0 Å². The van der Waals surface area contributed by atoms with Gasteiger partial charge in [-0.3, -0.25) is 4.98 Å². The molecule has 0 radical (unpaired) electrons. The van der Waals surface area contributed by atoms with Crippen LogP contribution in [0.4, 0.5) is 0 Å². The molecule has 3 aromatic rings. The Morgan fingerprint density at radius 3 is 2.66 bits per heavy atom. The van der Waals surface area contributed by atoms with Crippen LogP contribution in [0.25, 0.3) is 21.9 Å². The summed E-state index contributed by atoms with van der Waals surface area (Å²) in [5.41, 5.74) is 2.21. The summed E-state index contributed by atoms with van der Waals surface area (Å²) in [6.45, 7) is 3.95. The van der Waals surface area contributed by atoms with Gasteiger partial charge in [-0.2, -0.15) is 0 Å². The van der Waals surface area contributed by atoms with Gasteiger partial charge in [-0.1, -0.05) is 30.3 Å². The molecule has 0 unspecified atom stereocenters. The second-order valence-corrected chi connectivity index (χ2v) is 9.71. The fraction of sp³-hybridized carbons (Fsp3) is 0.318. The normalized spacial score (nSPS) is 19.7. The lowest BCUT2D eigenvalue weighted by Gasteiger charge is -2.21. The molecule has 0 spiro atoms. The van der Waals surface area contributed by atoms with Crippen LogP contribution in [-0.4, -0.2) is 44.0 Å². The Morgan fingerprint density at radius 2 is 1.90 bits per heavy atom. The molecule has 1 aliphatic heterocycles. The summed E-state index contributed by atoms with van der Waals surface area (Å²) in [6, 6.07) is 15.6. The van der Waals surface area contributed by atoms with E-state index in [-0.39, 0.29) is 6.10 Å². The largest absolute Gasteiger partial charge is 0.486 e. The smallest absolute Gasteiger partial charge is 0.214 e. The number of ether oxygens (including phenoxy) is 2. The van der Waals surface area contributed by atoms with E-state index < -0.39 is 21.3 Å². The third-order valence-electron chi connectivity index (χ3n) is 5.10. The van der Waals surface area contributed by atoms with Crippen molar-refractivity contribution in [3.63, 3.8) is 0 Å². The van der Waals surface area contributed by atoms with Gasteiger partial charge in [0.1, 0.15) is 11.9 Å². The maximum Gasteiger partial charge on any atom is 0.214 e. The molecule has 2 aromatic carbocycles. The predicted molar refractivity (Wildman–Crippen MR) is 113 cm³/mol. The number of benzene rings is 2. The molecule has 2 atom stereocenters. The average Bonchev–Trinajstić information content (AvgIpc) is 3.14. The first-order valence-electron chi connectivity index (χ1n) is 9.63. The van der Waals surface area contributed by atoms with Crippen LogP contribution in [0.5, 0.6) is 5.75 Å². The Kier molecular flexibility index (Phi) is 5.54. The van der Waals surface area contributed by atoms with Crippen molar-refractivity contribution < 1.29 is 17.9 Å². The highest BCUT2D eigenvalue weighted by Crippen LogP contribution is 2.30. The van der Waals surface area contributed by atoms with Gasteiger partial charge >= 0.3 is 0 Å². The minimum atomic E-state index is -3.39. The molecular weight excluding hydrogens is 388 g/mol. The lowest BCUT2D eigenvalue weighted by Crippen LogP contribution is -2.47. The zero-order valence-corrected chi connectivity index (χ0v) is 17.2. The van der Waals surface area contributed by atoms with Gasteiger partial charge in [0.25, 0.3) is 0 Å². The summed E-state index contributed by atoms with van der Waals surface area (Å²) >= 11 is 0. The zero-order chi connectivity index (χ0) is 20.4. The first-order chi connectivity index (χ1) is 13.9.